The van der Waals surface area contributed by atoms with E-state index >= 15 is 0 Å². The van der Waals surface area contributed by atoms with Crippen molar-refractivity contribution in [2.75, 3.05) is 0 Å². The highest BCUT2D eigenvalue weighted by Gasteiger charge is 2.33. The Morgan fingerprint density at radius 1 is 1.42 bits per heavy atom. The number of hydrogen-bond donors (Lipinski definition) is 0. The van der Waals surface area contributed by atoms with Gasteiger partial charge < -0.3 is 9.09 Å². The first kappa shape index (κ1) is 12.1. The Bertz CT molecular complexity index is 637. The van der Waals surface area contributed by atoms with Crippen LogP contribution in [-0.2, 0) is 13.0 Å². The van der Waals surface area contributed by atoms with E-state index in [2.05, 4.69) is 24.0 Å². The van der Waals surface area contributed by atoms with E-state index in [4.69, 9.17) is 4.52 Å². The van der Waals surface area contributed by atoms with Crippen LogP contribution in [0.3, 0.4) is 0 Å². The molecule has 3 rings (SSSR count). The fourth-order valence-electron chi connectivity index (χ4n) is 2.70. The van der Waals surface area contributed by atoms with E-state index in [1.165, 1.54) is 0 Å². The maximum absolute atomic E-state index is 12.1. The van der Waals surface area contributed by atoms with Crippen molar-refractivity contribution in [1.82, 2.24) is 14.7 Å². The number of ketones is 1. The van der Waals surface area contributed by atoms with E-state index in [0.717, 1.165) is 17.7 Å². The quantitative estimate of drug-likeness (QED) is 0.830. The highest BCUT2D eigenvalue weighted by Crippen LogP contribution is 2.35. The summed E-state index contributed by atoms with van der Waals surface area (Å²) in [6, 6.07) is 1.90. The molecule has 0 bridgehead atoms. The highest BCUT2D eigenvalue weighted by atomic mass is 16.5. The van der Waals surface area contributed by atoms with E-state index in [0.29, 0.717) is 24.7 Å². The molecule has 0 atom stereocenters. The molecule has 0 radical (unpaired) electrons. The van der Waals surface area contributed by atoms with Crippen LogP contribution >= 0.6 is 0 Å². The van der Waals surface area contributed by atoms with Gasteiger partial charge in [-0.05, 0) is 24.8 Å². The van der Waals surface area contributed by atoms with Gasteiger partial charge in [-0.15, -0.1) is 0 Å². The smallest absolute Gasteiger partial charge is 0.246 e. The third kappa shape index (κ3) is 2.20. The molecule has 0 spiro atoms. The number of aromatic nitrogens is 3. The van der Waals surface area contributed by atoms with Gasteiger partial charge in [0.2, 0.25) is 5.89 Å². The molecule has 0 N–H and O–H groups in total. The summed E-state index contributed by atoms with van der Waals surface area (Å²) in [5.41, 5.74) is 1.94. The number of carbonyl (C=O) groups excluding carboxylic acids is 1. The topological polar surface area (TPSA) is 60.9 Å². The maximum Gasteiger partial charge on any atom is 0.246 e. The third-order valence-corrected chi connectivity index (χ3v) is 3.54. The molecule has 100 valence electrons. The van der Waals surface area contributed by atoms with E-state index in [-0.39, 0.29) is 11.2 Å². The second kappa shape index (κ2) is 4.05. The average Bonchev–Trinajstić information content (AvgIpc) is 2.86. The Balaban J connectivity index is 1.95. The number of aryl methyl sites for hydroxylation is 1. The van der Waals surface area contributed by atoms with Crippen LogP contribution in [0.4, 0.5) is 0 Å². The van der Waals surface area contributed by atoms with Gasteiger partial charge in [-0.3, -0.25) is 4.79 Å². The predicted octanol–water partition coefficient (Wildman–Crippen LogP) is 2.38. The Labute approximate surface area is 111 Å². The molecule has 2 heterocycles. The molecule has 0 aliphatic heterocycles. The number of rotatable bonds is 2. The van der Waals surface area contributed by atoms with Crippen LogP contribution in [0.15, 0.2) is 16.8 Å². The number of fused-ring (bicyclic) bond motifs is 1. The lowest BCUT2D eigenvalue weighted by atomic mass is 9.76. The first-order valence-corrected chi connectivity index (χ1v) is 6.45. The molecule has 2 aromatic heterocycles. The maximum atomic E-state index is 12.1. The van der Waals surface area contributed by atoms with Crippen molar-refractivity contribution in [1.29, 1.82) is 0 Å². The number of Topliss-reactive ketones (excluding diaryl/α,β-unsaturated/α-hetero) is 1. The summed E-state index contributed by atoms with van der Waals surface area (Å²) in [6.07, 6.45) is 3.45. The lowest BCUT2D eigenvalue weighted by Gasteiger charge is -2.29. The minimum Gasteiger partial charge on any atom is -0.341 e. The second-order valence-electron chi connectivity index (χ2n) is 5.98. The molecule has 0 saturated carbocycles. The largest absolute Gasteiger partial charge is 0.341 e. The number of hydrogen-bond acceptors (Lipinski definition) is 4. The average molecular weight is 259 g/mol. The summed E-state index contributed by atoms with van der Waals surface area (Å²) in [4.78, 5) is 16.3. The molecule has 19 heavy (non-hydrogen) atoms. The lowest BCUT2D eigenvalue weighted by Crippen LogP contribution is -2.28. The standard InChI is InChI=1S/C14H17N3O2/c1-9-15-13(19-16-9)8-17-5-4-10-11(17)6-14(2,3)7-12(10)18/h4-5H,6-8H2,1-3H3. The summed E-state index contributed by atoms with van der Waals surface area (Å²) in [5.74, 6) is 1.44. The Kier molecular flexibility index (Phi) is 2.59. The fourth-order valence-corrected chi connectivity index (χ4v) is 2.70. The van der Waals surface area contributed by atoms with E-state index in [9.17, 15) is 4.79 Å². The Morgan fingerprint density at radius 3 is 2.89 bits per heavy atom. The van der Waals surface area contributed by atoms with Crippen LogP contribution in [0, 0.1) is 12.3 Å². The molecule has 2 aromatic rings. The first-order valence-electron chi connectivity index (χ1n) is 6.45. The summed E-state index contributed by atoms with van der Waals surface area (Å²) in [6.45, 7) is 6.58. The summed E-state index contributed by atoms with van der Waals surface area (Å²) >= 11 is 0. The lowest BCUT2D eigenvalue weighted by molar-refractivity contribution is 0.0910. The molecular formula is C14H17N3O2. The van der Waals surface area contributed by atoms with E-state index in [1.54, 1.807) is 6.92 Å². The number of carbonyl (C=O) groups is 1. The Morgan fingerprint density at radius 2 is 2.21 bits per heavy atom. The van der Waals surface area contributed by atoms with Gasteiger partial charge in [0.05, 0.1) is 0 Å². The highest BCUT2D eigenvalue weighted by molar-refractivity contribution is 5.98. The van der Waals surface area contributed by atoms with E-state index in [1.807, 2.05) is 16.8 Å². The molecule has 0 fully saturated rings. The zero-order valence-corrected chi connectivity index (χ0v) is 11.4. The van der Waals surface area contributed by atoms with Gasteiger partial charge in [-0.1, -0.05) is 19.0 Å². The van der Waals surface area contributed by atoms with Gasteiger partial charge in [0, 0.05) is 23.9 Å². The fraction of sp³-hybridized carbons (Fsp3) is 0.500. The molecular weight excluding hydrogens is 242 g/mol. The minimum absolute atomic E-state index is 0.0188. The molecule has 5 nitrogen and oxygen atoms in total. The van der Waals surface area contributed by atoms with Gasteiger partial charge >= 0.3 is 0 Å². The van der Waals surface area contributed by atoms with Gasteiger partial charge in [0.1, 0.15) is 6.54 Å². The van der Waals surface area contributed by atoms with Crippen molar-refractivity contribution in [2.24, 2.45) is 5.41 Å². The zero-order chi connectivity index (χ0) is 13.6. The van der Waals surface area contributed by atoms with Crippen LogP contribution in [0.2, 0.25) is 0 Å². The van der Waals surface area contributed by atoms with Crippen molar-refractivity contribution in [3.63, 3.8) is 0 Å². The normalized spacial score (nSPS) is 17.5. The van der Waals surface area contributed by atoms with Crippen molar-refractivity contribution in [3.05, 3.63) is 35.2 Å². The number of nitrogens with zero attached hydrogens (tertiary/aromatic N) is 3. The summed E-state index contributed by atoms with van der Waals surface area (Å²) in [5, 5.41) is 3.79. The van der Waals surface area contributed by atoms with Crippen molar-refractivity contribution >= 4 is 5.78 Å². The van der Waals surface area contributed by atoms with Gasteiger partial charge in [-0.2, -0.15) is 4.98 Å². The van der Waals surface area contributed by atoms with E-state index < -0.39 is 0 Å². The summed E-state index contributed by atoms with van der Waals surface area (Å²) < 4.78 is 7.18. The molecule has 0 unspecified atom stereocenters. The van der Waals surface area contributed by atoms with Gasteiger partial charge in [0.25, 0.3) is 0 Å². The second-order valence-corrected chi connectivity index (χ2v) is 5.98. The van der Waals surface area contributed by atoms with Gasteiger partial charge in [0.15, 0.2) is 11.6 Å². The minimum atomic E-state index is 0.0188. The molecule has 1 aliphatic rings. The zero-order valence-electron chi connectivity index (χ0n) is 11.4. The van der Waals surface area contributed by atoms with Crippen molar-refractivity contribution in [3.8, 4) is 0 Å². The Hall–Kier alpha value is -1.91. The van der Waals surface area contributed by atoms with Crippen molar-refractivity contribution < 1.29 is 9.32 Å². The van der Waals surface area contributed by atoms with Crippen molar-refractivity contribution in [2.45, 2.75) is 40.2 Å². The summed E-state index contributed by atoms with van der Waals surface area (Å²) in [7, 11) is 0. The first-order chi connectivity index (χ1) is 8.94. The molecule has 0 amide bonds. The molecule has 0 aromatic carbocycles. The van der Waals surface area contributed by atoms with Crippen LogP contribution < -0.4 is 0 Å². The van der Waals surface area contributed by atoms with Crippen LogP contribution in [0.1, 0.15) is 48.0 Å². The van der Waals surface area contributed by atoms with Crippen LogP contribution in [0.25, 0.3) is 0 Å². The predicted molar refractivity (Wildman–Crippen MR) is 69.0 cm³/mol. The van der Waals surface area contributed by atoms with Gasteiger partial charge in [-0.25, -0.2) is 0 Å². The monoisotopic (exact) mass is 259 g/mol. The third-order valence-electron chi connectivity index (χ3n) is 3.54. The SMILES string of the molecule is Cc1noc(Cn2ccc3c2CC(C)(C)CC3=O)n1. The molecule has 5 heteroatoms. The molecule has 0 saturated heterocycles. The van der Waals surface area contributed by atoms with Crippen LogP contribution in [0.5, 0.6) is 0 Å². The molecule has 1 aliphatic carbocycles. The van der Waals surface area contributed by atoms with Crippen LogP contribution in [-0.4, -0.2) is 20.5 Å².